The van der Waals surface area contributed by atoms with Gasteiger partial charge in [0.15, 0.2) is 0 Å². The third-order valence-electron chi connectivity index (χ3n) is 0.753. The van der Waals surface area contributed by atoms with Crippen LogP contribution in [-0.4, -0.2) is 15.0 Å². The molecule has 0 spiro atoms. The monoisotopic (exact) mass is 148 g/mol. The second kappa shape index (κ2) is 1.63. The second-order valence-electron chi connectivity index (χ2n) is 1.35. The molecule has 1 heteroatoms. The van der Waals surface area contributed by atoms with Crippen molar-refractivity contribution in [2.45, 2.75) is 6.92 Å². The molecule has 0 saturated heterocycles. The first-order valence-corrected chi connectivity index (χ1v) is 4.25. The van der Waals surface area contributed by atoms with E-state index in [1.165, 1.54) is 0 Å². The Hall–Kier alpha value is -0.000519. The van der Waals surface area contributed by atoms with E-state index in [-0.39, 0.29) is 15.0 Å². The van der Waals surface area contributed by atoms with Crippen LogP contribution in [0.4, 0.5) is 0 Å². The Morgan fingerprint density at radius 3 is 2.67 bits per heavy atom. The number of rotatable bonds is 0. The zero-order valence-electron chi connectivity index (χ0n) is 3.73. The number of hydrogen-bond acceptors (Lipinski definition) is 0. The molecular formula is C5H8Se. The molecule has 0 aromatic rings. The van der Waals surface area contributed by atoms with Gasteiger partial charge in [-0.1, -0.05) is 0 Å². The van der Waals surface area contributed by atoms with Crippen molar-refractivity contribution in [1.29, 1.82) is 0 Å². The third kappa shape index (κ3) is 0.734. The summed E-state index contributed by atoms with van der Waals surface area (Å²) in [4.78, 5) is 2.29. The first-order chi connectivity index (χ1) is 2.89. The molecule has 0 unspecified atom stereocenters. The fourth-order valence-corrected chi connectivity index (χ4v) is 1.78. The zero-order valence-corrected chi connectivity index (χ0v) is 5.83. The molecule has 0 aliphatic carbocycles. The van der Waals surface area contributed by atoms with Gasteiger partial charge in [-0.2, -0.15) is 0 Å². The molecule has 0 saturated carbocycles. The Labute approximate surface area is 44.1 Å². The zero-order chi connectivity index (χ0) is 4.41. The van der Waals surface area contributed by atoms with Gasteiger partial charge in [-0.3, -0.25) is 0 Å². The molecule has 0 aromatic heterocycles. The second-order valence-corrected chi connectivity index (χ2v) is 4.31. The van der Waals surface area contributed by atoms with Crippen LogP contribution in [0.1, 0.15) is 6.92 Å². The van der Waals surface area contributed by atoms with Crippen molar-refractivity contribution in [2.24, 2.45) is 0 Å². The Morgan fingerprint density at radius 2 is 2.50 bits per heavy atom. The van der Waals surface area contributed by atoms with E-state index >= 15 is 0 Å². The van der Waals surface area contributed by atoms with Crippen LogP contribution in [0.2, 0.25) is 0 Å². The van der Waals surface area contributed by atoms with Gasteiger partial charge < -0.3 is 0 Å². The van der Waals surface area contributed by atoms with Crippen LogP contribution in [0.5, 0.6) is 0 Å². The molecule has 6 heavy (non-hydrogen) atoms. The summed E-state index contributed by atoms with van der Waals surface area (Å²) in [6.45, 7) is 2.19. The van der Waals surface area contributed by atoms with Gasteiger partial charge in [-0.15, -0.1) is 0 Å². The van der Waals surface area contributed by atoms with Gasteiger partial charge in [-0.25, -0.2) is 0 Å². The maximum absolute atomic E-state index is 2.29. The fraction of sp³-hybridized carbons (Fsp3) is 0.200. The van der Waals surface area contributed by atoms with Gasteiger partial charge in [0.25, 0.3) is 0 Å². The van der Waals surface area contributed by atoms with Gasteiger partial charge in [0.1, 0.15) is 0 Å². The SMILES string of the molecule is CC1=CC=C[SeH2]1. The normalized spacial score (nSPS) is 25.2. The maximum atomic E-state index is 2.29. The van der Waals surface area contributed by atoms with E-state index in [1.54, 1.807) is 4.47 Å². The van der Waals surface area contributed by atoms with E-state index < -0.39 is 0 Å². The van der Waals surface area contributed by atoms with Crippen LogP contribution in [0, 0.1) is 0 Å². The summed E-state index contributed by atoms with van der Waals surface area (Å²) in [5.74, 6) is 0. The number of allylic oxidation sites excluding steroid dienone is 3. The van der Waals surface area contributed by atoms with Crippen molar-refractivity contribution in [3.05, 3.63) is 21.6 Å². The molecular weight excluding hydrogens is 139 g/mol. The Kier molecular flexibility index (Phi) is 1.13. The van der Waals surface area contributed by atoms with E-state index in [0.29, 0.717) is 0 Å². The van der Waals surface area contributed by atoms with Gasteiger partial charge >= 0.3 is 43.5 Å². The van der Waals surface area contributed by atoms with Gasteiger partial charge in [0.05, 0.1) is 0 Å². The molecule has 0 N–H and O–H groups in total. The molecule has 1 rings (SSSR count). The Balaban J connectivity index is 2.61. The molecule has 34 valence electrons. The summed E-state index contributed by atoms with van der Waals surface area (Å²) in [6.07, 6.45) is 4.34. The average molecular weight is 147 g/mol. The first kappa shape index (κ1) is 4.17. The standard InChI is InChI=1S/C5H8Se/c1-5-3-2-4-6-5/h2-4H,6H2,1H3. The molecule has 1 aliphatic heterocycles. The van der Waals surface area contributed by atoms with Crippen LogP contribution in [-0.2, 0) is 0 Å². The summed E-state index contributed by atoms with van der Waals surface area (Å²) in [7, 11) is 0. The van der Waals surface area contributed by atoms with Crippen LogP contribution < -0.4 is 0 Å². The van der Waals surface area contributed by atoms with Crippen molar-refractivity contribution in [2.75, 3.05) is 0 Å². The van der Waals surface area contributed by atoms with Crippen LogP contribution in [0.25, 0.3) is 0 Å². The predicted octanol–water partition coefficient (Wildman–Crippen LogP) is 0.586. The fourth-order valence-electron chi connectivity index (χ4n) is 0.420. The van der Waals surface area contributed by atoms with Crippen molar-refractivity contribution in [3.63, 3.8) is 0 Å². The molecule has 0 bridgehead atoms. The Bertz CT molecular complexity index is 101. The van der Waals surface area contributed by atoms with Crippen LogP contribution in [0.3, 0.4) is 0 Å². The van der Waals surface area contributed by atoms with E-state index in [4.69, 9.17) is 0 Å². The Morgan fingerprint density at radius 1 is 1.67 bits per heavy atom. The summed E-state index contributed by atoms with van der Waals surface area (Å²) in [6, 6.07) is 0. The topological polar surface area (TPSA) is 0 Å². The average Bonchev–Trinajstić information content (AvgIpc) is 1.86. The molecule has 0 amide bonds. The van der Waals surface area contributed by atoms with Gasteiger partial charge in [0, 0.05) is 0 Å². The molecule has 0 radical (unpaired) electrons. The third-order valence-corrected chi connectivity index (χ3v) is 2.81. The minimum atomic E-state index is 0.250. The van der Waals surface area contributed by atoms with Crippen LogP contribution in [0.15, 0.2) is 21.6 Å². The van der Waals surface area contributed by atoms with E-state index in [2.05, 4.69) is 24.1 Å². The van der Waals surface area contributed by atoms with E-state index in [0.717, 1.165) is 0 Å². The van der Waals surface area contributed by atoms with E-state index in [1.807, 2.05) is 0 Å². The van der Waals surface area contributed by atoms with Crippen molar-refractivity contribution < 1.29 is 0 Å². The van der Waals surface area contributed by atoms with Gasteiger partial charge in [-0.05, 0) is 0 Å². The summed E-state index contributed by atoms with van der Waals surface area (Å²) in [5.41, 5.74) is 0. The molecule has 0 atom stereocenters. The minimum absolute atomic E-state index is 0.250. The quantitative estimate of drug-likeness (QED) is 0.440. The van der Waals surface area contributed by atoms with Crippen LogP contribution >= 0.6 is 0 Å². The van der Waals surface area contributed by atoms with Gasteiger partial charge in [0.2, 0.25) is 0 Å². The molecule has 1 aliphatic rings. The number of hydrogen-bond donors (Lipinski definition) is 0. The van der Waals surface area contributed by atoms with Crippen molar-refractivity contribution in [3.8, 4) is 0 Å². The molecule has 0 nitrogen and oxygen atoms in total. The summed E-state index contributed by atoms with van der Waals surface area (Å²) in [5, 5.41) is 0. The predicted molar refractivity (Wildman–Crippen MR) is 31.4 cm³/mol. The molecule has 0 fully saturated rings. The van der Waals surface area contributed by atoms with Crippen molar-refractivity contribution in [1.82, 2.24) is 0 Å². The van der Waals surface area contributed by atoms with Crippen molar-refractivity contribution >= 4 is 15.0 Å². The van der Waals surface area contributed by atoms with E-state index in [9.17, 15) is 0 Å². The first-order valence-electron chi connectivity index (χ1n) is 1.99. The summed E-state index contributed by atoms with van der Waals surface area (Å²) >= 11 is 0.250. The summed E-state index contributed by atoms with van der Waals surface area (Å²) < 4.78 is 1.59. The molecule has 0 aromatic carbocycles. The molecule has 1 heterocycles.